The summed E-state index contributed by atoms with van der Waals surface area (Å²) in [6, 6.07) is 11.4. The predicted octanol–water partition coefficient (Wildman–Crippen LogP) is 4.99. The quantitative estimate of drug-likeness (QED) is 0.385. The fraction of sp³-hybridized carbons (Fsp3) is 0.304. The number of hydrogen-bond donors (Lipinski definition) is 2. The van der Waals surface area contributed by atoms with E-state index in [1.807, 2.05) is 13.8 Å². The van der Waals surface area contributed by atoms with Crippen molar-refractivity contribution in [1.82, 2.24) is 20.1 Å². The molecule has 3 aromatic rings. The summed E-state index contributed by atoms with van der Waals surface area (Å²) in [5.41, 5.74) is 0.997. The number of rotatable bonds is 9. The Balaban J connectivity index is 1.66. The first-order valence-electron chi connectivity index (χ1n) is 10.4. The van der Waals surface area contributed by atoms with Crippen LogP contribution < -0.4 is 15.4 Å². The topological polar surface area (TPSA) is 98.1 Å². The molecule has 1 aromatic heterocycles. The van der Waals surface area contributed by atoms with Crippen molar-refractivity contribution in [1.29, 1.82) is 0 Å². The zero-order chi connectivity index (χ0) is 24.8. The van der Waals surface area contributed by atoms with Crippen molar-refractivity contribution in [3.63, 3.8) is 0 Å². The van der Waals surface area contributed by atoms with Crippen LogP contribution >= 0.6 is 35.0 Å². The van der Waals surface area contributed by atoms with Crippen molar-refractivity contribution in [2.24, 2.45) is 13.0 Å². The third-order valence-corrected chi connectivity index (χ3v) is 6.55. The van der Waals surface area contributed by atoms with Gasteiger partial charge in [0.25, 0.3) is 5.91 Å². The van der Waals surface area contributed by atoms with Gasteiger partial charge in [-0.1, -0.05) is 48.8 Å². The van der Waals surface area contributed by atoms with Gasteiger partial charge in [-0.15, -0.1) is 10.2 Å². The van der Waals surface area contributed by atoms with E-state index < -0.39 is 6.04 Å². The van der Waals surface area contributed by atoms with E-state index in [0.29, 0.717) is 33.0 Å². The lowest BCUT2D eigenvalue weighted by atomic mass is 10.0. The van der Waals surface area contributed by atoms with Gasteiger partial charge in [-0.2, -0.15) is 0 Å². The number of carbonyl (C=O) groups excluding carboxylic acids is 2. The van der Waals surface area contributed by atoms with Gasteiger partial charge in [0.15, 0.2) is 11.0 Å². The average Bonchev–Trinajstić information content (AvgIpc) is 3.16. The average molecular weight is 522 g/mol. The standard InChI is InChI=1S/C23H25Cl2N5O3S/c1-13(2)20(27-22(32)17-10-5-14(24)11-18(17)25)21-28-29-23(30(21)3)34-12-19(31)26-15-6-8-16(33-4)9-7-15/h5-11,13,20H,12H2,1-4H3,(H,26,31)(H,27,32)/t20-/m1/s1. The van der Waals surface area contributed by atoms with Crippen LogP contribution in [-0.2, 0) is 11.8 Å². The number of carbonyl (C=O) groups is 2. The van der Waals surface area contributed by atoms with Gasteiger partial charge in [0.05, 0.1) is 29.5 Å². The largest absolute Gasteiger partial charge is 0.497 e. The number of nitrogens with one attached hydrogen (secondary N) is 2. The lowest BCUT2D eigenvalue weighted by Gasteiger charge is -2.22. The van der Waals surface area contributed by atoms with Crippen LogP contribution in [0.15, 0.2) is 47.6 Å². The van der Waals surface area contributed by atoms with Crippen molar-refractivity contribution < 1.29 is 14.3 Å². The summed E-state index contributed by atoms with van der Waals surface area (Å²) in [5, 5.41) is 15.6. The Morgan fingerprint density at radius 2 is 1.82 bits per heavy atom. The molecule has 34 heavy (non-hydrogen) atoms. The minimum atomic E-state index is -0.417. The molecule has 0 aliphatic heterocycles. The lowest BCUT2D eigenvalue weighted by Crippen LogP contribution is -2.33. The fourth-order valence-corrected chi connectivity index (χ4v) is 4.36. The molecule has 0 aliphatic carbocycles. The van der Waals surface area contributed by atoms with Crippen LogP contribution in [0.1, 0.15) is 36.1 Å². The second kappa shape index (κ2) is 11.6. The monoisotopic (exact) mass is 521 g/mol. The summed E-state index contributed by atoms with van der Waals surface area (Å²) < 4.78 is 6.90. The second-order valence-electron chi connectivity index (χ2n) is 7.78. The maximum absolute atomic E-state index is 12.8. The molecule has 0 unspecified atom stereocenters. The molecule has 1 atom stereocenters. The normalized spacial score (nSPS) is 11.9. The molecule has 2 N–H and O–H groups in total. The van der Waals surface area contributed by atoms with E-state index in [9.17, 15) is 9.59 Å². The van der Waals surface area contributed by atoms with Gasteiger partial charge in [-0.3, -0.25) is 9.59 Å². The number of thioether (sulfide) groups is 1. The minimum Gasteiger partial charge on any atom is -0.497 e. The van der Waals surface area contributed by atoms with E-state index >= 15 is 0 Å². The SMILES string of the molecule is COc1ccc(NC(=O)CSc2nnc([C@H](NC(=O)c3ccc(Cl)cc3Cl)C(C)C)n2C)cc1. The third-order valence-electron chi connectivity index (χ3n) is 4.98. The molecule has 2 amide bonds. The van der Waals surface area contributed by atoms with E-state index in [1.165, 1.54) is 17.8 Å². The van der Waals surface area contributed by atoms with Crippen LogP contribution in [0.2, 0.25) is 10.0 Å². The highest BCUT2D eigenvalue weighted by molar-refractivity contribution is 7.99. The maximum atomic E-state index is 12.8. The van der Waals surface area contributed by atoms with Crippen LogP contribution in [0, 0.1) is 5.92 Å². The lowest BCUT2D eigenvalue weighted by molar-refractivity contribution is -0.113. The molecule has 180 valence electrons. The third kappa shape index (κ3) is 6.43. The van der Waals surface area contributed by atoms with Crippen molar-refractivity contribution >= 4 is 52.5 Å². The van der Waals surface area contributed by atoms with E-state index in [2.05, 4.69) is 20.8 Å². The zero-order valence-corrected chi connectivity index (χ0v) is 21.5. The molecule has 3 rings (SSSR count). The molecule has 1 heterocycles. The van der Waals surface area contributed by atoms with Crippen LogP contribution in [0.3, 0.4) is 0 Å². The summed E-state index contributed by atoms with van der Waals surface area (Å²) in [4.78, 5) is 25.2. The first kappa shape index (κ1) is 25.9. The molecule has 0 saturated heterocycles. The number of ether oxygens (including phenoxy) is 1. The van der Waals surface area contributed by atoms with E-state index in [1.54, 1.807) is 55.1 Å². The number of hydrogen-bond acceptors (Lipinski definition) is 6. The Bertz CT molecular complexity index is 1170. The highest BCUT2D eigenvalue weighted by Crippen LogP contribution is 2.26. The van der Waals surface area contributed by atoms with Crippen LogP contribution in [0.25, 0.3) is 0 Å². The molecule has 0 aliphatic rings. The number of anilines is 1. The molecule has 0 saturated carbocycles. The van der Waals surface area contributed by atoms with E-state index in [-0.39, 0.29) is 28.5 Å². The van der Waals surface area contributed by atoms with E-state index in [4.69, 9.17) is 27.9 Å². The van der Waals surface area contributed by atoms with E-state index in [0.717, 1.165) is 0 Å². The molecule has 0 radical (unpaired) electrons. The summed E-state index contributed by atoms with van der Waals surface area (Å²) in [7, 11) is 3.39. The molecule has 0 spiro atoms. The van der Waals surface area contributed by atoms with Crippen LogP contribution in [0.4, 0.5) is 5.69 Å². The number of aromatic nitrogens is 3. The van der Waals surface area contributed by atoms with Crippen molar-refractivity contribution in [2.75, 3.05) is 18.2 Å². The van der Waals surface area contributed by atoms with Crippen LogP contribution in [-0.4, -0.2) is 39.4 Å². The van der Waals surface area contributed by atoms with Crippen LogP contribution in [0.5, 0.6) is 5.75 Å². The number of halogens is 2. The second-order valence-corrected chi connectivity index (χ2v) is 9.57. The number of methoxy groups -OCH3 is 1. The summed E-state index contributed by atoms with van der Waals surface area (Å²) in [5.74, 6) is 0.948. The van der Waals surface area contributed by atoms with Gasteiger partial charge in [0.2, 0.25) is 5.91 Å². The molecule has 0 fully saturated rings. The zero-order valence-electron chi connectivity index (χ0n) is 19.1. The Kier molecular flexibility index (Phi) is 8.82. The number of nitrogens with zero attached hydrogens (tertiary/aromatic N) is 3. The number of amides is 2. The summed E-state index contributed by atoms with van der Waals surface area (Å²) in [6.07, 6.45) is 0. The molecular formula is C23H25Cl2N5O3S. The van der Waals surface area contributed by atoms with Crippen molar-refractivity contribution in [2.45, 2.75) is 25.0 Å². The Labute approximate surface area is 212 Å². The van der Waals surface area contributed by atoms with Crippen molar-refractivity contribution in [3.05, 3.63) is 63.9 Å². The van der Waals surface area contributed by atoms with Gasteiger partial charge in [0.1, 0.15) is 5.75 Å². The van der Waals surface area contributed by atoms with Gasteiger partial charge < -0.3 is 19.9 Å². The smallest absolute Gasteiger partial charge is 0.253 e. The molecule has 0 bridgehead atoms. The Hall–Kier alpha value is -2.75. The first-order valence-corrected chi connectivity index (χ1v) is 12.2. The Morgan fingerprint density at radius 1 is 1.12 bits per heavy atom. The molecular weight excluding hydrogens is 497 g/mol. The van der Waals surface area contributed by atoms with Gasteiger partial charge in [-0.05, 0) is 48.4 Å². The fourth-order valence-electron chi connectivity index (χ4n) is 3.15. The first-order chi connectivity index (χ1) is 16.2. The highest BCUT2D eigenvalue weighted by Gasteiger charge is 2.26. The number of benzene rings is 2. The summed E-state index contributed by atoms with van der Waals surface area (Å²) in [6.45, 7) is 3.94. The predicted molar refractivity (Wildman–Crippen MR) is 135 cm³/mol. The highest BCUT2D eigenvalue weighted by atomic mass is 35.5. The van der Waals surface area contributed by atoms with Gasteiger partial charge in [0, 0.05) is 17.8 Å². The molecule has 8 nitrogen and oxygen atoms in total. The Morgan fingerprint density at radius 3 is 2.44 bits per heavy atom. The van der Waals surface area contributed by atoms with Gasteiger partial charge >= 0.3 is 0 Å². The van der Waals surface area contributed by atoms with Crippen molar-refractivity contribution in [3.8, 4) is 5.75 Å². The maximum Gasteiger partial charge on any atom is 0.253 e. The summed E-state index contributed by atoms with van der Waals surface area (Å²) >= 11 is 13.4. The van der Waals surface area contributed by atoms with Gasteiger partial charge in [-0.25, -0.2) is 0 Å². The minimum absolute atomic E-state index is 0.0224. The molecule has 2 aromatic carbocycles. The molecule has 11 heteroatoms.